The summed E-state index contributed by atoms with van der Waals surface area (Å²) in [6.45, 7) is 3.20. The van der Waals surface area contributed by atoms with Gasteiger partial charge in [0.2, 0.25) is 0 Å². The number of rotatable bonds is 4. The minimum atomic E-state index is 0.689. The van der Waals surface area contributed by atoms with Crippen LogP contribution in [0.1, 0.15) is 44.7 Å². The third-order valence-electron chi connectivity index (χ3n) is 3.79. The van der Waals surface area contributed by atoms with Crippen LogP contribution in [0.25, 0.3) is 0 Å². The monoisotopic (exact) mass is 222 g/mol. The van der Waals surface area contributed by atoms with E-state index in [0.717, 1.165) is 12.5 Å². The Morgan fingerprint density at radius 2 is 2.25 bits per heavy atom. The van der Waals surface area contributed by atoms with Gasteiger partial charge in [-0.3, -0.25) is 4.68 Å². The molecule has 1 heterocycles. The van der Waals surface area contributed by atoms with Crippen LogP contribution in [0.15, 0.2) is 6.20 Å². The second-order valence-electron chi connectivity index (χ2n) is 4.79. The Morgan fingerprint density at radius 3 is 2.94 bits per heavy atom. The number of hydrogen-bond donors (Lipinski definition) is 1. The average Bonchev–Trinajstić information content (AvgIpc) is 2.72. The lowest BCUT2D eigenvalue weighted by atomic mass is 9.83. The highest BCUT2D eigenvalue weighted by atomic mass is 15.4. The van der Waals surface area contributed by atoms with Crippen LogP contribution in [-0.2, 0) is 13.6 Å². The predicted molar refractivity (Wildman–Crippen MR) is 63.9 cm³/mol. The van der Waals surface area contributed by atoms with Crippen LogP contribution in [0, 0.1) is 5.92 Å². The van der Waals surface area contributed by atoms with Crippen molar-refractivity contribution in [1.82, 2.24) is 20.3 Å². The van der Waals surface area contributed by atoms with Crippen LogP contribution < -0.4 is 5.32 Å². The topological polar surface area (TPSA) is 42.7 Å². The van der Waals surface area contributed by atoms with Crippen LogP contribution in [0.2, 0.25) is 0 Å². The molecule has 1 aliphatic carbocycles. The molecule has 1 aromatic rings. The molecule has 0 bridgehead atoms. The minimum Gasteiger partial charge on any atom is -0.308 e. The van der Waals surface area contributed by atoms with Crippen LogP contribution in [0.5, 0.6) is 0 Å². The van der Waals surface area contributed by atoms with E-state index in [1.807, 2.05) is 17.9 Å². The first-order chi connectivity index (χ1) is 7.81. The standard InChI is InChI=1S/C12H22N4/c1-3-10-6-4-5-7-12(10)13-8-11-9-14-15-16(11)2/h9-10,12-13H,3-8H2,1-2H3. The first-order valence-electron chi connectivity index (χ1n) is 6.38. The summed E-state index contributed by atoms with van der Waals surface area (Å²) in [4.78, 5) is 0. The Bertz CT molecular complexity index is 321. The van der Waals surface area contributed by atoms with E-state index in [-0.39, 0.29) is 0 Å². The summed E-state index contributed by atoms with van der Waals surface area (Å²) in [5.41, 5.74) is 1.17. The van der Waals surface area contributed by atoms with Gasteiger partial charge in [0.1, 0.15) is 0 Å². The van der Waals surface area contributed by atoms with E-state index in [2.05, 4.69) is 22.6 Å². The van der Waals surface area contributed by atoms with E-state index in [1.54, 1.807) is 0 Å². The molecule has 1 fully saturated rings. The zero-order valence-electron chi connectivity index (χ0n) is 10.3. The first-order valence-corrected chi connectivity index (χ1v) is 6.38. The molecule has 1 N–H and O–H groups in total. The molecule has 2 unspecified atom stereocenters. The molecule has 4 heteroatoms. The maximum absolute atomic E-state index is 3.95. The van der Waals surface area contributed by atoms with Gasteiger partial charge in [-0.2, -0.15) is 0 Å². The van der Waals surface area contributed by atoms with Gasteiger partial charge in [0, 0.05) is 19.6 Å². The fourth-order valence-corrected chi connectivity index (χ4v) is 2.67. The van der Waals surface area contributed by atoms with Crippen molar-refractivity contribution >= 4 is 0 Å². The number of nitrogens with one attached hydrogen (secondary N) is 1. The van der Waals surface area contributed by atoms with Gasteiger partial charge >= 0.3 is 0 Å². The number of aryl methyl sites for hydroxylation is 1. The van der Waals surface area contributed by atoms with Crippen molar-refractivity contribution in [3.05, 3.63) is 11.9 Å². The van der Waals surface area contributed by atoms with Crippen LogP contribution in [0.4, 0.5) is 0 Å². The van der Waals surface area contributed by atoms with E-state index in [1.165, 1.54) is 37.8 Å². The SMILES string of the molecule is CCC1CCCCC1NCc1cnnn1C. The molecule has 90 valence electrons. The second-order valence-corrected chi connectivity index (χ2v) is 4.79. The van der Waals surface area contributed by atoms with Crippen molar-refractivity contribution in [3.63, 3.8) is 0 Å². The van der Waals surface area contributed by atoms with Crippen molar-refractivity contribution in [3.8, 4) is 0 Å². The fourth-order valence-electron chi connectivity index (χ4n) is 2.67. The van der Waals surface area contributed by atoms with Crippen molar-refractivity contribution < 1.29 is 0 Å². The summed E-state index contributed by atoms with van der Waals surface area (Å²) < 4.78 is 1.84. The first kappa shape index (κ1) is 11.6. The van der Waals surface area contributed by atoms with Gasteiger partial charge in [-0.15, -0.1) is 5.10 Å². The highest BCUT2D eigenvalue weighted by Gasteiger charge is 2.23. The van der Waals surface area contributed by atoms with Gasteiger partial charge < -0.3 is 5.32 Å². The molecule has 16 heavy (non-hydrogen) atoms. The lowest BCUT2D eigenvalue weighted by molar-refractivity contribution is 0.253. The van der Waals surface area contributed by atoms with E-state index in [9.17, 15) is 0 Å². The number of hydrogen-bond acceptors (Lipinski definition) is 3. The molecule has 0 aromatic carbocycles. The van der Waals surface area contributed by atoms with Crippen molar-refractivity contribution in [2.24, 2.45) is 13.0 Å². The van der Waals surface area contributed by atoms with Gasteiger partial charge in [0.15, 0.2) is 0 Å². The van der Waals surface area contributed by atoms with Gasteiger partial charge in [0.25, 0.3) is 0 Å². The van der Waals surface area contributed by atoms with Crippen LogP contribution >= 0.6 is 0 Å². The number of nitrogens with zero attached hydrogens (tertiary/aromatic N) is 3. The molecular weight excluding hydrogens is 200 g/mol. The average molecular weight is 222 g/mol. The molecule has 2 atom stereocenters. The Hall–Kier alpha value is -0.900. The smallest absolute Gasteiger partial charge is 0.0738 e. The van der Waals surface area contributed by atoms with E-state index >= 15 is 0 Å². The molecule has 2 rings (SSSR count). The third kappa shape index (κ3) is 2.61. The molecule has 1 aliphatic rings. The minimum absolute atomic E-state index is 0.689. The molecule has 0 radical (unpaired) electrons. The molecule has 0 saturated heterocycles. The fraction of sp³-hybridized carbons (Fsp3) is 0.833. The van der Waals surface area contributed by atoms with Gasteiger partial charge in [-0.1, -0.05) is 31.4 Å². The molecule has 1 saturated carbocycles. The Kier molecular flexibility index (Phi) is 3.93. The summed E-state index contributed by atoms with van der Waals surface area (Å²) in [5, 5.41) is 11.5. The molecule has 0 spiro atoms. The lowest BCUT2D eigenvalue weighted by Crippen LogP contribution is -2.38. The predicted octanol–water partition coefficient (Wildman–Crippen LogP) is 1.87. The normalized spacial score (nSPS) is 25.9. The van der Waals surface area contributed by atoms with Gasteiger partial charge in [-0.25, -0.2) is 0 Å². The molecule has 4 nitrogen and oxygen atoms in total. The van der Waals surface area contributed by atoms with Crippen LogP contribution in [-0.4, -0.2) is 21.0 Å². The quantitative estimate of drug-likeness (QED) is 0.845. The summed E-state index contributed by atoms with van der Waals surface area (Å²) in [7, 11) is 1.95. The molecule has 1 aromatic heterocycles. The molecule has 0 aliphatic heterocycles. The Morgan fingerprint density at radius 1 is 1.44 bits per heavy atom. The van der Waals surface area contributed by atoms with Gasteiger partial charge in [0.05, 0.1) is 11.9 Å². The van der Waals surface area contributed by atoms with Crippen molar-refractivity contribution in [2.75, 3.05) is 0 Å². The van der Waals surface area contributed by atoms with Crippen molar-refractivity contribution in [1.29, 1.82) is 0 Å². The largest absolute Gasteiger partial charge is 0.308 e. The highest BCUT2D eigenvalue weighted by molar-refractivity contribution is 4.93. The zero-order chi connectivity index (χ0) is 11.4. The van der Waals surface area contributed by atoms with E-state index in [0.29, 0.717) is 6.04 Å². The van der Waals surface area contributed by atoms with E-state index in [4.69, 9.17) is 0 Å². The molecule has 0 amide bonds. The summed E-state index contributed by atoms with van der Waals surface area (Å²) in [6, 6.07) is 0.689. The van der Waals surface area contributed by atoms with Gasteiger partial charge in [-0.05, 0) is 18.8 Å². The molecular formula is C12H22N4. The number of aromatic nitrogens is 3. The zero-order valence-corrected chi connectivity index (χ0v) is 10.3. The Balaban J connectivity index is 1.86. The Labute approximate surface area is 97.4 Å². The third-order valence-corrected chi connectivity index (χ3v) is 3.79. The maximum atomic E-state index is 3.95. The summed E-state index contributed by atoms with van der Waals surface area (Å²) in [6.07, 6.45) is 8.63. The van der Waals surface area contributed by atoms with Crippen molar-refractivity contribution in [2.45, 2.75) is 51.6 Å². The maximum Gasteiger partial charge on any atom is 0.0738 e. The summed E-state index contributed by atoms with van der Waals surface area (Å²) >= 11 is 0. The highest BCUT2D eigenvalue weighted by Crippen LogP contribution is 2.26. The lowest BCUT2D eigenvalue weighted by Gasteiger charge is -2.31. The van der Waals surface area contributed by atoms with E-state index < -0.39 is 0 Å². The summed E-state index contributed by atoms with van der Waals surface area (Å²) in [5.74, 6) is 0.856. The second kappa shape index (κ2) is 5.43. The van der Waals surface area contributed by atoms with Crippen LogP contribution in [0.3, 0.4) is 0 Å².